The average Bonchev–Trinajstić information content (AvgIpc) is 2.93. The second kappa shape index (κ2) is 7.71. The number of aliphatic hydroxyl groups excluding tert-OH is 1. The summed E-state index contributed by atoms with van der Waals surface area (Å²) in [7, 11) is 0. The van der Waals surface area contributed by atoms with Crippen molar-refractivity contribution in [3.05, 3.63) is 0 Å². The minimum Gasteiger partial charge on any atom is -0.480 e. The maximum Gasteiger partial charge on any atom is 0.326 e. The second-order valence-electron chi connectivity index (χ2n) is 5.05. The van der Waals surface area contributed by atoms with E-state index in [1.54, 1.807) is 0 Å². The van der Waals surface area contributed by atoms with E-state index < -0.39 is 54.8 Å². The first-order valence-electron chi connectivity index (χ1n) is 6.76. The van der Waals surface area contributed by atoms with Crippen LogP contribution in [0.2, 0.25) is 0 Å². The topological polar surface area (TPSA) is 176 Å². The number of aliphatic carboxylic acids is 1. The van der Waals surface area contributed by atoms with E-state index in [1.807, 2.05) is 0 Å². The summed E-state index contributed by atoms with van der Waals surface area (Å²) in [5.74, 6) is -3.53. The van der Waals surface area contributed by atoms with E-state index in [1.165, 1.54) is 4.90 Å². The van der Waals surface area contributed by atoms with E-state index in [0.717, 1.165) is 0 Å². The van der Waals surface area contributed by atoms with Gasteiger partial charge in [-0.15, -0.1) is 0 Å². The number of aliphatic hydroxyl groups is 1. The molecule has 1 fully saturated rings. The highest BCUT2D eigenvalue weighted by Crippen LogP contribution is 2.18. The summed E-state index contributed by atoms with van der Waals surface area (Å²) < 4.78 is 0. The molecular formula is C12H20N4O6. The molecule has 1 rings (SSSR count). The highest BCUT2D eigenvalue weighted by molar-refractivity contribution is 5.93. The molecular weight excluding hydrogens is 296 g/mol. The van der Waals surface area contributed by atoms with Crippen molar-refractivity contribution in [1.82, 2.24) is 10.2 Å². The molecule has 1 saturated heterocycles. The number of hydrogen-bond donors (Lipinski definition) is 5. The number of rotatable bonds is 7. The Morgan fingerprint density at radius 3 is 2.45 bits per heavy atom. The van der Waals surface area contributed by atoms with Crippen LogP contribution in [-0.4, -0.2) is 70.1 Å². The third kappa shape index (κ3) is 4.40. The maximum atomic E-state index is 12.1. The van der Waals surface area contributed by atoms with Crippen molar-refractivity contribution in [1.29, 1.82) is 0 Å². The quantitative estimate of drug-likeness (QED) is 0.327. The highest BCUT2D eigenvalue weighted by atomic mass is 16.4. The molecule has 1 aliphatic rings. The number of nitrogens with two attached hydrogens (primary N) is 2. The fourth-order valence-corrected chi connectivity index (χ4v) is 2.26. The van der Waals surface area contributed by atoms with Crippen LogP contribution >= 0.6 is 0 Å². The van der Waals surface area contributed by atoms with E-state index >= 15 is 0 Å². The van der Waals surface area contributed by atoms with Gasteiger partial charge in [0.1, 0.15) is 18.1 Å². The Kier molecular flexibility index (Phi) is 6.25. The summed E-state index contributed by atoms with van der Waals surface area (Å²) in [6, 6.07) is -3.46. The Bertz CT molecular complexity index is 469. The lowest BCUT2D eigenvalue weighted by molar-refractivity contribution is -0.145. The van der Waals surface area contributed by atoms with Gasteiger partial charge in [0.25, 0.3) is 0 Å². The van der Waals surface area contributed by atoms with E-state index in [4.69, 9.17) is 21.7 Å². The van der Waals surface area contributed by atoms with Crippen LogP contribution in [0, 0.1) is 0 Å². The fraction of sp³-hybridized carbons (Fsp3) is 0.667. The lowest BCUT2D eigenvalue weighted by Gasteiger charge is -2.27. The van der Waals surface area contributed by atoms with Gasteiger partial charge in [-0.1, -0.05) is 0 Å². The van der Waals surface area contributed by atoms with Crippen molar-refractivity contribution >= 4 is 23.7 Å². The smallest absolute Gasteiger partial charge is 0.326 e. The van der Waals surface area contributed by atoms with Gasteiger partial charge in [0, 0.05) is 6.54 Å². The average molecular weight is 316 g/mol. The lowest BCUT2D eigenvalue weighted by atomic mass is 10.1. The van der Waals surface area contributed by atoms with Gasteiger partial charge in [0.15, 0.2) is 0 Å². The number of primary amides is 1. The van der Waals surface area contributed by atoms with Gasteiger partial charge >= 0.3 is 5.97 Å². The largest absolute Gasteiger partial charge is 0.480 e. The van der Waals surface area contributed by atoms with Gasteiger partial charge in [-0.3, -0.25) is 14.4 Å². The molecule has 0 saturated carbocycles. The maximum absolute atomic E-state index is 12.1. The minimum absolute atomic E-state index is 0.290. The summed E-state index contributed by atoms with van der Waals surface area (Å²) in [6.07, 6.45) is 0.353. The summed E-state index contributed by atoms with van der Waals surface area (Å²) >= 11 is 0. The number of nitrogens with one attached hydrogen (secondary N) is 1. The third-order valence-electron chi connectivity index (χ3n) is 3.37. The molecule has 0 unspecified atom stereocenters. The standard InChI is InChI=1S/C12H20N4O6/c13-6(5-17)11(20)16-3-1-2-8(16)10(19)15-7(12(21)22)4-9(14)18/h6-8,17H,1-5,13H2,(H2,14,18)(H,15,19)(H,21,22)/t6-,7-,8-/m0/s1. The predicted molar refractivity (Wildman–Crippen MR) is 73.2 cm³/mol. The molecule has 10 nitrogen and oxygen atoms in total. The van der Waals surface area contributed by atoms with Crippen molar-refractivity contribution in [2.75, 3.05) is 13.2 Å². The van der Waals surface area contributed by atoms with Crippen LogP contribution in [0.4, 0.5) is 0 Å². The van der Waals surface area contributed by atoms with E-state index in [-0.39, 0.29) is 6.54 Å². The normalized spacial score (nSPS) is 20.3. The van der Waals surface area contributed by atoms with Gasteiger partial charge in [-0.25, -0.2) is 4.79 Å². The summed E-state index contributed by atoms with van der Waals surface area (Å²) in [5, 5.41) is 20.1. The highest BCUT2D eigenvalue weighted by Gasteiger charge is 2.37. The Labute approximate surface area is 126 Å². The predicted octanol–water partition coefficient (Wildman–Crippen LogP) is -3.26. The molecule has 7 N–H and O–H groups in total. The van der Waals surface area contributed by atoms with Crippen LogP contribution in [0.5, 0.6) is 0 Å². The molecule has 1 heterocycles. The van der Waals surface area contributed by atoms with E-state index in [9.17, 15) is 19.2 Å². The molecule has 0 aromatic heterocycles. The number of likely N-dealkylation sites (tertiary alicyclic amines) is 1. The fourth-order valence-electron chi connectivity index (χ4n) is 2.26. The van der Waals surface area contributed by atoms with E-state index in [0.29, 0.717) is 12.8 Å². The van der Waals surface area contributed by atoms with Crippen molar-refractivity contribution in [3.8, 4) is 0 Å². The molecule has 3 atom stereocenters. The van der Waals surface area contributed by atoms with Crippen molar-refractivity contribution < 1.29 is 29.4 Å². The molecule has 10 heteroatoms. The molecule has 0 bridgehead atoms. The summed E-state index contributed by atoms with van der Waals surface area (Å²) in [6.45, 7) is -0.263. The van der Waals surface area contributed by atoms with E-state index in [2.05, 4.69) is 5.32 Å². The Balaban J connectivity index is 2.76. The number of amides is 3. The van der Waals surface area contributed by atoms with Crippen molar-refractivity contribution in [3.63, 3.8) is 0 Å². The monoisotopic (exact) mass is 316 g/mol. The Morgan fingerprint density at radius 2 is 1.95 bits per heavy atom. The molecule has 1 aliphatic heterocycles. The minimum atomic E-state index is -1.45. The van der Waals surface area contributed by atoms with Gasteiger partial charge in [0.05, 0.1) is 13.0 Å². The molecule has 0 aromatic carbocycles. The van der Waals surface area contributed by atoms with Crippen molar-refractivity contribution in [2.45, 2.75) is 37.4 Å². The Morgan fingerprint density at radius 1 is 1.32 bits per heavy atom. The van der Waals surface area contributed by atoms with Crippen LogP contribution in [0.3, 0.4) is 0 Å². The van der Waals surface area contributed by atoms with Gasteiger partial charge in [0.2, 0.25) is 17.7 Å². The SMILES string of the molecule is NC(=O)C[C@H](NC(=O)[C@@H]1CCCN1C(=O)[C@@H](N)CO)C(=O)O. The molecule has 0 aliphatic carbocycles. The number of carboxylic acid groups (broad SMARTS) is 1. The van der Waals surface area contributed by atoms with Crippen LogP contribution in [0.25, 0.3) is 0 Å². The van der Waals surface area contributed by atoms with Crippen LogP contribution in [0.15, 0.2) is 0 Å². The number of nitrogens with zero attached hydrogens (tertiary/aromatic N) is 1. The first-order valence-corrected chi connectivity index (χ1v) is 6.76. The molecule has 0 aromatic rings. The number of carbonyl (C=O) groups is 4. The molecule has 0 spiro atoms. The van der Waals surface area contributed by atoms with Gasteiger partial charge < -0.3 is 31.9 Å². The lowest BCUT2D eigenvalue weighted by Crippen LogP contribution is -2.55. The summed E-state index contributed by atoms with van der Waals surface area (Å²) in [4.78, 5) is 47.1. The summed E-state index contributed by atoms with van der Waals surface area (Å²) in [5.41, 5.74) is 10.4. The number of carbonyl (C=O) groups excluding carboxylic acids is 3. The van der Waals surface area contributed by atoms with Crippen LogP contribution in [-0.2, 0) is 19.2 Å². The molecule has 0 radical (unpaired) electrons. The van der Waals surface area contributed by atoms with Crippen molar-refractivity contribution in [2.24, 2.45) is 11.5 Å². The van der Waals surface area contributed by atoms with Gasteiger partial charge in [-0.2, -0.15) is 0 Å². The second-order valence-corrected chi connectivity index (χ2v) is 5.05. The first kappa shape index (κ1) is 17.9. The number of hydrogen-bond acceptors (Lipinski definition) is 6. The van der Waals surface area contributed by atoms with Gasteiger partial charge in [-0.05, 0) is 12.8 Å². The van der Waals surface area contributed by atoms with Crippen LogP contribution < -0.4 is 16.8 Å². The molecule has 3 amide bonds. The zero-order valence-electron chi connectivity index (χ0n) is 11.9. The zero-order chi connectivity index (χ0) is 16.9. The third-order valence-corrected chi connectivity index (χ3v) is 3.37. The number of carboxylic acids is 1. The van der Waals surface area contributed by atoms with Crippen LogP contribution in [0.1, 0.15) is 19.3 Å². The zero-order valence-corrected chi connectivity index (χ0v) is 11.9. The first-order chi connectivity index (χ1) is 10.3. The Hall–Kier alpha value is -2.20. The molecule has 124 valence electrons. The molecule has 22 heavy (non-hydrogen) atoms.